The number of ether oxygens (including phenoxy) is 2. The Morgan fingerprint density at radius 2 is 1.17 bits per heavy atom. The van der Waals surface area contributed by atoms with Gasteiger partial charge in [0.05, 0.1) is 23.7 Å². The zero-order valence-electron chi connectivity index (χ0n) is 33.3. The van der Waals surface area contributed by atoms with Crippen LogP contribution in [0.2, 0.25) is 0 Å². The number of hydrogen-bond donors (Lipinski definition) is 0. The summed E-state index contributed by atoms with van der Waals surface area (Å²) < 4.78 is 10.2. The normalized spacial score (nSPS) is 53.7. The molecule has 10 fully saturated rings. The molecule has 0 spiro atoms. The second kappa shape index (κ2) is 15.5. The number of hydrogen-bond acceptors (Lipinski definition) is 6. The molecule has 8 heteroatoms. The van der Waals surface area contributed by atoms with Gasteiger partial charge in [-0.25, -0.2) is 0 Å². The van der Waals surface area contributed by atoms with Crippen molar-refractivity contribution in [3.8, 4) is 0 Å². The average Bonchev–Trinajstić information content (AvgIpc) is 3.94. The van der Waals surface area contributed by atoms with Crippen LogP contribution < -0.4 is 0 Å². The fraction of sp³-hybridized carbons (Fsp3) is 0.913. The molecule has 6 nitrogen and oxygen atoms in total. The van der Waals surface area contributed by atoms with Crippen LogP contribution in [-0.2, 0) is 94.1 Å². The van der Waals surface area contributed by atoms with Gasteiger partial charge in [-0.2, -0.15) is 0 Å². The van der Waals surface area contributed by atoms with Crippen LogP contribution >= 0.6 is 0 Å². The van der Waals surface area contributed by atoms with E-state index < -0.39 is 0 Å². The standard InChI is InChI=1S/2C22H32O3.2CH4.2Y/c1-10(7-15-11(2)13-5-6-14(15)8-13)22(4)12(3)16-9-17(22)19-18(16)20(23)25-21(19)24;1-5-8-22(11(2)13-6-7-14(22)9-13)21(4)12(3)15-10-16(21)18-17(15)19(23)25-20(18)24;;;;/h10-19H,5-9H2,1-4H3;11-18H,5-10H2,1-4H3;2*1H4;;/t10?,11?,12?,13?,14?,15?,16?,17?,18-,19+,22?;11?,12?,13?,14?,15?,16?,17-,18+,21?,22?;;;;/m00..../s1. The van der Waals surface area contributed by atoms with Gasteiger partial charge in [-0.15, -0.1) is 0 Å². The second-order valence-electron chi connectivity index (χ2n) is 20.7. The van der Waals surface area contributed by atoms with Crippen molar-refractivity contribution in [1.82, 2.24) is 0 Å². The Bertz CT molecular complexity index is 1490. The number of carbonyl (C=O) groups is 4. The van der Waals surface area contributed by atoms with E-state index >= 15 is 0 Å². The summed E-state index contributed by atoms with van der Waals surface area (Å²) in [4.78, 5) is 49.3. The first kappa shape index (κ1) is 45.6. The zero-order chi connectivity index (χ0) is 35.4. The minimum absolute atomic E-state index is 0. The minimum atomic E-state index is -0.231. The van der Waals surface area contributed by atoms with Crippen LogP contribution in [-0.4, -0.2) is 23.9 Å². The monoisotopic (exact) mass is 898 g/mol. The van der Waals surface area contributed by atoms with E-state index in [0.29, 0.717) is 46.8 Å². The summed E-state index contributed by atoms with van der Waals surface area (Å²) in [5.41, 5.74) is 0.717. The molecule has 0 aromatic heterocycles. The molecule has 2 aliphatic heterocycles. The first-order valence-corrected chi connectivity index (χ1v) is 21.2. The number of esters is 4. The van der Waals surface area contributed by atoms with Gasteiger partial charge in [0.25, 0.3) is 0 Å². The van der Waals surface area contributed by atoms with Crippen molar-refractivity contribution in [3.63, 3.8) is 0 Å². The molecule has 8 saturated carbocycles. The Labute approximate surface area is 378 Å². The molecular weight excluding hydrogens is 826 g/mol. The van der Waals surface area contributed by atoms with Crippen LogP contribution in [0.1, 0.15) is 141 Å². The summed E-state index contributed by atoms with van der Waals surface area (Å²) >= 11 is 0. The van der Waals surface area contributed by atoms with Gasteiger partial charge in [0, 0.05) is 65.4 Å². The molecule has 0 amide bonds. The minimum Gasteiger partial charge on any atom is -0.393 e. The largest absolute Gasteiger partial charge is 0.393 e. The Balaban J connectivity index is 0.000000193. The van der Waals surface area contributed by atoms with Crippen molar-refractivity contribution >= 4 is 23.9 Å². The molecule has 298 valence electrons. The second-order valence-corrected chi connectivity index (χ2v) is 20.7. The molecule has 2 heterocycles. The van der Waals surface area contributed by atoms with Gasteiger partial charge in [0.1, 0.15) is 0 Å². The number of fused-ring (bicyclic) bond motifs is 14. The predicted octanol–water partition coefficient (Wildman–Crippen LogP) is 10.0. The van der Waals surface area contributed by atoms with Crippen LogP contribution in [0, 0.1) is 123 Å². The molecule has 10 aliphatic rings. The smallest absolute Gasteiger partial charge is 0.317 e. The third-order valence-corrected chi connectivity index (χ3v) is 20.5. The first-order valence-electron chi connectivity index (χ1n) is 21.2. The molecular formula is C46H72O6Y2. The molecule has 17 unspecified atom stereocenters. The molecule has 10 rings (SSSR count). The quantitative estimate of drug-likeness (QED) is 0.195. The summed E-state index contributed by atoms with van der Waals surface area (Å²) in [6, 6.07) is 0. The molecule has 0 aromatic carbocycles. The molecule has 8 aliphatic carbocycles. The molecule has 0 aromatic rings. The van der Waals surface area contributed by atoms with Crippen LogP contribution in [0.3, 0.4) is 0 Å². The van der Waals surface area contributed by atoms with Crippen molar-refractivity contribution in [2.75, 3.05) is 0 Å². The molecule has 2 radical (unpaired) electrons. The molecule has 0 N–H and O–H groups in total. The summed E-state index contributed by atoms with van der Waals surface area (Å²) in [6.07, 6.45) is 14.5. The summed E-state index contributed by atoms with van der Waals surface area (Å²) in [5.74, 6) is 7.79. The third kappa shape index (κ3) is 5.61. The van der Waals surface area contributed by atoms with E-state index in [-0.39, 0.29) is 139 Å². The molecule has 2 saturated heterocycles. The van der Waals surface area contributed by atoms with Crippen molar-refractivity contribution in [2.24, 2.45) is 123 Å². The van der Waals surface area contributed by atoms with Crippen LogP contribution in [0.25, 0.3) is 0 Å². The zero-order valence-corrected chi connectivity index (χ0v) is 39.0. The van der Waals surface area contributed by atoms with Crippen molar-refractivity contribution in [1.29, 1.82) is 0 Å². The Morgan fingerprint density at radius 1 is 0.648 bits per heavy atom. The molecule has 8 bridgehead atoms. The van der Waals surface area contributed by atoms with Crippen molar-refractivity contribution < 1.29 is 94.1 Å². The van der Waals surface area contributed by atoms with Crippen molar-refractivity contribution in [2.45, 2.75) is 141 Å². The van der Waals surface area contributed by atoms with Gasteiger partial charge in [-0.3, -0.25) is 19.2 Å². The van der Waals surface area contributed by atoms with Gasteiger partial charge in [-0.1, -0.05) is 76.7 Å². The predicted molar refractivity (Wildman–Crippen MR) is 202 cm³/mol. The Hall–Kier alpha value is 0.488. The van der Waals surface area contributed by atoms with Crippen LogP contribution in [0.15, 0.2) is 0 Å². The Morgan fingerprint density at radius 3 is 1.70 bits per heavy atom. The van der Waals surface area contributed by atoms with E-state index in [0.717, 1.165) is 54.3 Å². The third-order valence-electron chi connectivity index (χ3n) is 20.5. The van der Waals surface area contributed by atoms with E-state index in [1.54, 1.807) is 0 Å². The average molecular weight is 899 g/mol. The van der Waals surface area contributed by atoms with Crippen molar-refractivity contribution in [3.05, 3.63) is 0 Å². The molecule has 54 heavy (non-hydrogen) atoms. The summed E-state index contributed by atoms with van der Waals surface area (Å²) in [5, 5.41) is 0. The van der Waals surface area contributed by atoms with Gasteiger partial charge in [0.2, 0.25) is 0 Å². The SMILES string of the molecule is C.C.CC1C2CCC(C2)C1CC(C)C1(C)C(C)C2CC1[C@H]1C(=O)OC(=O)[C@@H]21.CCCC1(C2(C)C(C)C3CC2[C@H]2C(=O)OC(=O)[C@@H]32)C2CCC(C2)C1C.[Y].[Y]. The summed E-state index contributed by atoms with van der Waals surface area (Å²) in [7, 11) is 0. The van der Waals surface area contributed by atoms with Gasteiger partial charge < -0.3 is 9.47 Å². The maximum absolute atomic E-state index is 12.5. The summed E-state index contributed by atoms with van der Waals surface area (Å²) in [6.45, 7) is 19.4. The Kier molecular flexibility index (Phi) is 13.1. The maximum Gasteiger partial charge on any atom is 0.317 e. The van der Waals surface area contributed by atoms with Gasteiger partial charge >= 0.3 is 23.9 Å². The van der Waals surface area contributed by atoms with Crippen LogP contribution in [0.4, 0.5) is 0 Å². The van der Waals surface area contributed by atoms with E-state index in [1.807, 2.05) is 0 Å². The van der Waals surface area contributed by atoms with E-state index in [9.17, 15) is 19.2 Å². The first-order chi connectivity index (χ1) is 23.7. The van der Waals surface area contributed by atoms with Crippen LogP contribution in [0.5, 0.6) is 0 Å². The van der Waals surface area contributed by atoms with E-state index in [2.05, 4.69) is 55.4 Å². The fourth-order valence-electron chi connectivity index (χ4n) is 17.9. The topological polar surface area (TPSA) is 86.7 Å². The number of carbonyl (C=O) groups excluding carboxylic acids is 4. The van der Waals surface area contributed by atoms with E-state index in [1.165, 1.54) is 57.8 Å². The van der Waals surface area contributed by atoms with Gasteiger partial charge in [-0.05, 0) is 163 Å². The fourth-order valence-corrected chi connectivity index (χ4v) is 17.9. The number of cyclic esters (lactones) is 4. The number of rotatable bonds is 6. The van der Waals surface area contributed by atoms with Gasteiger partial charge in [0.15, 0.2) is 0 Å². The molecule has 21 atom stereocenters. The van der Waals surface area contributed by atoms with E-state index in [4.69, 9.17) is 9.47 Å². The maximum atomic E-state index is 12.5.